The van der Waals surface area contributed by atoms with Gasteiger partial charge in [-0.05, 0) is 42.7 Å². The van der Waals surface area contributed by atoms with E-state index in [1.165, 1.54) is 42.3 Å². The van der Waals surface area contributed by atoms with Crippen LogP contribution in [0.1, 0.15) is 29.2 Å². The predicted molar refractivity (Wildman–Crippen MR) is 126 cm³/mol. The Morgan fingerprint density at radius 2 is 1.86 bits per heavy atom. The van der Waals surface area contributed by atoms with E-state index >= 15 is 0 Å². The highest BCUT2D eigenvalue weighted by Crippen LogP contribution is 2.35. The number of rotatable bonds is 5. The molecule has 0 aliphatic carbocycles. The van der Waals surface area contributed by atoms with Gasteiger partial charge in [0.2, 0.25) is 11.8 Å². The highest BCUT2D eigenvalue weighted by molar-refractivity contribution is 5.81. The number of aryl methyl sites for hydroxylation is 1. The normalized spacial score (nSPS) is 16.2. The van der Waals surface area contributed by atoms with Crippen molar-refractivity contribution < 1.29 is 22.3 Å². The standard InChI is InChI=1S/C25H23F4N5O2/c1-15-7-10-30-22(26)20(15)32-12-9-17(14-32)34-19-8-11-31-23(36-2)21(19)33(24(34)35)13-16-5-3-4-6-18(16)25(27,28)29/h3-8,10-11,17H,9,12-14H2,1-2H3/t17-/m1/s1. The number of halogens is 4. The lowest BCUT2D eigenvalue weighted by Gasteiger charge is -2.21. The maximum absolute atomic E-state index is 14.5. The molecule has 4 aromatic rings. The van der Waals surface area contributed by atoms with Crippen LogP contribution < -0.4 is 15.3 Å². The molecule has 0 bridgehead atoms. The van der Waals surface area contributed by atoms with Gasteiger partial charge in [-0.15, -0.1) is 0 Å². The van der Waals surface area contributed by atoms with Gasteiger partial charge in [-0.2, -0.15) is 17.6 Å². The van der Waals surface area contributed by atoms with Gasteiger partial charge in [0.25, 0.3) is 0 Å². The fraction of sp³-hybridized carbons (Fsp3) is 0.320. The van der Waals surface area contributed by atoms with E-state index < -0.39 is 23.4 Å². The number of pyridine rings is 2. The summed E-state index contributed by atoms with van der Waals surface area (Å²) in [4.78, 5) is 23.5. The molecule has 36 heavy (non-hydrogen) atoms. The zero-order valence-electron chi connectivity index (χ0n) is 19.6. The summed E-state index contributed by atoms with van der Waals surface area (Å²) in [6.07, 6.45) is -1.14. The van der Waals surface area contributed by atoms with Crippen molar-refractivity contribution in [3.8, 4) is 5.88 Å². The number of alkyl halides is 3. The average molecular weight is 501 g/mol. The quantitative estimate of drug-likeness (QED) is 0.296. The van der Waals surface area contributed by atoms with Crippen molar-refractivity contribution in [1.82, 2.24) is 19.1 Å². The van der Waals surface area contributed by atoms with E-state index in [0.717, 1.165) is 11.6 Å². The van der Waals surface area contributed by atoms with Crippen LogP contribution in [0, 0.1) is 12.9 Å². The van der Waals surface area contributed by atoms with Crippen LogP contribution in [-0.2, 0) is 12.7 Å². The van der Waals surface area contributed by atoms with Crippen molar-refractivity contribution in [3.05, 3.63) is 81.9 Å². The summed E-state index contributed by atoms with van der Waals surface area (Å²) < 4.78 is 63.7. The van der Waals surface area contributed by atoms with Gasteiger partial charge in [0, 0.05) is 25.5 Å². The minimum absolute atomic E-state index is 0.0434. The Bertz CT molecular complexity index is 1470. The number of benzene rings is 1. The fourth-order valence-electron chi connectivity index (χ4n) is 5.01. The molecule has 0 N–H and O–H groups in total. The molecule has 0 unspecified atom stereocenters. The average Bonchev–Trinajstić information content (AvgIpc) is 3.41. The Morgan fingerprint density at radius 3 is 2.58 bits per heavy atom. The molecule has 1 fully saturated rings. The number of hydrogen-bond donors (Lipinski definition) is 0. The first-order chi connectivity index (χ1) is 17.2. The molecule has 1 saturated heterocycles. The Kier molecular flexibility index (Phi) is 5.93. The zero-order chi connectivity index (χ0) is 25.6. The largest absolute Gasteiger partial charge is 0.479 e. The molecule has 1 aliphatic heterocycles. The van der Waals surface area contributed by atoms with Crippen LogP contribution in [0.25, 0.3) is 11.0 Å². The van der Waals surface area contributed by atoms with E-state index in [0.29, 0.717) is 36.2 Å². The molecule has 0 amide bonds. The molecule has 188 valence electrons. The summed E-state index contributed by atoms with van der Waals surface area (Å²) in [5, 5.41) is 0. The molecule has 3 aromatic heterocycles. The van der Waals surface area contributed by atoms with Crippen molar-refractivity contribution in [1.29, 1.82) is 0 Å². The lowest BCUT2D eigenvalue weighted by molar-refractivity contribution is -0.138. The van der Waals surface area contributed by atoms with Gasteiger partial charge in [-0.3, -0.25) is 9.13 Å². The van der Waals surface area contributed by atoms with Crippen molar-refractivity contribution >= 4 is 16.7 Å². The van der Waals surface area contributed by atoms with E-state index in [9.17, 15) is 22.4 Å². The molecule has 0 saturated carbocycles. The molecule has 11 heteroatoms. The molecular weight excluding hydrogens is 478 g/mol. The second-order valence-electron chi connectivity index (χ2n) is 8.74. The second-order valence-corrected chi connectivity index (χ2v) is 8.74. The minimum Gasteiger partial charge on any atom is -0.479 e. The topological polar surface area (TPSA) is 65.2 Å². The van der Waals surface area contributed by atoms with Gasteiger partial charge in [0.05, 0.1) is 36.5 Å². The molecule has 1 aromatic carbocycles. The third kappa shape index (κ3) is 3.98. The van der Waals surface area contributed by atoms with Crippen LogP contribution in [0.15, 0.2) is 53.6 Å². The summed E-state index contributed by atoms with van der Waals surface area (Å²) in [5.41, 5.74) is 0.579. The highest BCUT2D eigenvalue weighted by atomic mass is 19.4. The Hall–Kier alpha value is -3.89. The van der Waals surface area contributed by atoms with Crippen molar-refractivity contribution in [2.45, 2.75) is 32.1 Å². The third-order valence-electron chi connectivity index (χ3n) is 6.61. The smallest absolute Gasteiger partial charge is 0.416 e. The molecule has 0 radical (unpaired) electrons. The molecule has 1 aliphatic rings. The minimum atomic E-state index is -4.57. The summed E-state index contributed by atoms with van der Waals surface area (Å²) in [5.74, 6) is -0.447. The molecule has 7 nitrogen and oxygen atoms in total. The highest BCUT2D eigenvalue weighted by Gasteiger charge is 2.35. The molecular formula is C25H23F4N5O2. The maximum Gasteiger partial charge on any atom is 0.416 e. The second kappa shape index (κ2) is 8.96. The number of fused-ring (bicyclic) bond motifs is 1. The molecule has 4 heterocycles. The first-order valence-electron chi connectivity index (χ1n) is 11.4. The monoisotopic (exact) mass is 501 g/mol. The Morgan fingerprint density at radius 1 is 1.11 bits per heavy atom. The number of anilines is 1. The van der Waals surface area contributed by atoms with Crippen LogP contribution >= 0.6 is 0 Å². The lowest BCUT2D eigenvalue weighted by atomic mass is 10.1. The van der Waals surface area contributed by atoms with Gasteiger partial charge in [0.15, 0.2) is 0 Å². The maximum atomic E-state index is 14.5. The van der Waals surface area contributed by atoms with E-state index in [4.69, 9.17) is 4.74 Å². The van der Waals surface area contributed by atoms with Crippen molar-refractivity contribution in [2.75, 3.05) is 25.1 Å². The van der Waals surface area contributed by atoms with Crippen LogP contribution in [0.5, 0.6) is 5.88 Å². The van der Waals surface area contributed by atoms with Crippen LogP contribution in [0.4, 0.5) is 23.2 Å². The lowest BCUT2D eigenvalue weighted by Crippen LogP contribution is -2.30. The number of imidazole rings is 1. The Balaban J connectivity index is 1.61. The number of hydrogen-bond acceptors (Lipinski definition) is 5. The van der Waals surface area contributed by atoms with E-state index in [2.05, 4.69) is 9.97 Å². The fourth-order valence-corrected chi connectivity index (χ4v) is 5.01. The van der Waals surface area contributed by atoms with Gasteiger partial charge in [0.1, 0.15) is 5.52 Å². The molecule has 0 spiro atoms. The Labute approximate surface area is 203 Å². The van der Waals surface area contributed by atoms with Crippen LogP contribution in [-0.4, -0.2) is 39.3 Å². The molecule has 5 rings (SSSR count). The van der Waals surface area contributed by atoms with E-state index in [1.807, 2.05) is 4.90 Å². The van der Waals surface area contributed by atoms with Crippen molar-refractivity contribution in [2.24, 2.45) is 0 Å². The summed E-state index contributed by atoms with van der Waals surface area (Å²) in [6.45, 7) is 2.31. The van der Waals surface area contributed by atoms with Gasteiger partial charge in [-0.25, -0.2) is 14.8 Å². The van der Waals surface area contributed by atoms with Crippen molar-refractivity contribution in [3.63, 3.8) is 0 Å². The summed E-state index contributed by atoms with van der Waals surface area (Å²) in [7, 11) is 1.39. The number of methoxy groups -OCH3 is 1. The van der Waals surface area contributed by atoms with Gasteiger partial charge in [-0.1, -0.05) is 18.2 Å². The number of aromatic nitrogens is 4. The zero-order valence-corrected chi connectivity index (χ0v) is 19.6. The summed E-state index contributed by atoms with van der Waals surface area (Å²) in [6, 6.07) is 8.19. The van der Waals surface area contributed by atoms with Crippen LogP contribution in [0.3, 0.4) is 0 Å². The third-order valence-corrected chi connectivity index (χ3v) is 6.61. The first kappa shape index (κ1) is 23.8. The van der Waals surface area contributed by atoms with Crippen LogP contribution in [0.2, 0.25) is 0 Å². The first-order valence-corrected chi connectivity index (χ1v) is 11.4. The predicted octanol–water partition coefficient (Wildman–Crippen LogP) is 4.57. The van der Waals surface area contributed by atoms with E-state index in [1.54, 1.807) is 23.6 Å². The number of nitrogens with zero attached hydrogens (tertiary/aromatic N) is 5. The molecule has 1 atom stereocenters. The van der Waals surface area contributed by atoms with Gasteiger partial charge >= 0.3 is 11.9 Å². The summed E-state index contributed by atoms with van der Waals surface area (Å²) >= 11 is 0. The SMILES string of the molecule is COc1nccc2c1n(Cc1ccccc1C(F)(F)F)c(=O)n2[C@@H]1CCN(c2c(C)ccnc2F)C1. The van der Waals surface area contributed by atoms with Gasteiger partial charge < -0.3 is 9.64 Å². The number of ether oxygens (including phenoxy) is 1. The van der Waals surface area contributed by atoms with E-state index in [-0.39, 0.29) is 24.0 Å².